The Hall–Kier alpha value is -2.54. The first-order valence-corrected chi connectivity index (χ1v) is 8.22. The minimum Gasteiger partial charge on any atom is -0.345 e. The van der Waals surface area contributed by atoms with Gasteiger partial charge in [-0.3, -0.25) is 9.78 Å². The minimum absolute atomic E-state index is 0.266. The number of halogens is 1. The monoisotopic (exact) mass is 385 g/mol. The van der Waals surface area contributed by atoms with Crippen molar-refractivity contribution < 1.29 is 4.79 Å². The summed E-state index contributed by atoms with van der Waals surface area (Å²) >= 11 is 3.48. The zero-order valence-electron chi connectivity index (χ0n) is 13.3. The Kier molecular flexibility index (Phi) is 4.71. The average Bonchev–Trinajstić information content (AvgIpc) is 2.98. The topological polar surface area (TPSA) is 72.7 Å². The molecule has 0 aliphatic rings. The van der Waals surface area contributed by atoms with E-state index in [1.165, 1.54) is 0 Å². The summed E-state index contributed by atoms with van der Waals surface area (Å²) in [5.41, 5.74) is 3.74. The van der Waals surface area contributed by atoms with Crippen LogP contribution in [-0.2, 0) is 6.54 Å². The Morgan fingerprint density at radius 3 is 2.79 bits per heavy atom. The first kappa shape index (κ1) is 16.3. The molecule has 24 heavy (non-hydrogen) atoms. The largest absolute Gasteiger partial charge is 0.345 e. The molecule has 0 bridgehead atoms. The highest BCUT2D eigenvalue weighted by atomic mass is 79.9. The van der Waals surface area contributed by atoms with Crippen LogP contribution in [0.15, 0.2) is 47.1 Å². The summed E-state index contributed by atoms with van der Waals surface area (Å²) < 4.78 is 2.69. The van der Waals surface area contributed by atoms with Gasteiger partial charge in [0.1, 0.15) is 0 Å². The fourth-order valence-corrected chi connectivity index (χ4v) is 2.55. The smallest absolute Gasteiger partial charge is 0.274 e. The van der Waals surface area contributed by atoms with E-state index >= 15 is 0 Å². The van der Waals surface area contributed by atoms with Gasteiger partial charge >= 0.3 is 0 Å². The maximum Gasteiger partial charge on any atom is 0.274 e. The molecule has 0 saturated carbocycles. The number of carbonyl (C=O) groups is 1. The Balaban J connectivity index is 1.79. The number of pyridine rings is 1. The molecule has 3 aromatic rings. The van der Waals surface area contributed by atoms with Crippen LogP contribution >= 0.6 is 15.9 Å². The van der Waals surface area contributed by atoms with Crippen LogP contribution in [0.5, 0.6) is 0 Å². The Labute approximate surface area is 148 Å². The maximum absolute atomic E-state index is 12.3. The fraction of sp³-hybridized carbons (Fsp3) is 0.176. The first-order chi connectivity index (χ1) is 11.6. The summed E-state index contributed by atoms with van der Waals surface area (Å²) in [5, 5.41) is 10.9. The molecule has 1 amide bonds. The van der Waals surface area contributed by atoms with Gasteiger partial charge in [-0.15, -0.1) is 5.10 Å². The number of rotatable bonds is 4. The lowest BCUT2D eigenvalue weighted by molar-refractivity contribution is 0.0944. The van der Waals surface area contributed by atoms with Crippen molar-refractivity contribution in [3.63, 3.8) is 0 Å². The van der Waals surface area contributed by atoms with Crippen LogP contribution < -0.4 is 5.32 Å². The molecule has 3 rings (SSSR count). The van der Waals surface area contributed by atoms with Gasteiger partial charge in [0.25, 0.3) is 5.91 Å². The number of hydrogen-bond acceptors (Lipinski definition) is 4. The molecule has 1 aromatic carbocycles. The van der Waals surface area contributed by atoms with Gasteiger partial charge in [0.05, 0.1) is 23.6 Å². The Morgan fingerprint density at radius 1 is 1.25 bits per heavy atom. The van der Waals surface area contributed by atoms with E-state index in [-0.39, 0.29) is 5.91 Å². The lowest BCUT2D eigenvalue weighted by atomic mass is 10.2. The molecule has 0 aliphatic carbocycles. The van der Waals surface area contributed by atoms with E-state index in [1.807, 2.05) is 50.2 Å². The number of amides is 1. The number of carbonyl (C=O) groups excluding carboxylic acids is 1. The molecule has 2 heterocycles. The third kappa shape index (κ3) is 3.35. The van der Waals surface area contributed by atoms with Crippen molar-refractivity contribution in [1.82, 2.24) is 25.3 Å². The second kappa shape index (κ2) is 6.92. The summed E-state index contributed by atoms with van der Waals surface area (Å²) in [7, 11) is 0. The summed E-state index contributed by atoms with van der Waals surface area (Å²) in [6, 6.07) is 11.4. The third-order valence-corrected chi connectivity index (χ3v) is 4.54. The van der Waals surface area contributed by atoms with Crippen LogP contribution in [0.1, 0.15) is 27.4 Å². The maximum atomic E-state index is 12.3. The van der Waals surface area contributed by atoms with Crippen LogP contribution in [0.4, 0.5) is 0 Å². The zero-order chi connectivity index (χ0) is 17.1. The van der Waals surface area contributed by atoms with Crippen LogP contribution in [0.2, 0.25) is 0 Å². The van der Waals surface area contributed by atoms with Gasteiger partial charge in [0, 0.05) is 10.7 Å². The Morgan fingerprint density at radius 2 is 2.08 bits per heavy atom. The molecule has 0 unspecified atom stereocenters. The average molecular weight is 386 g/mol. The molecule has 122 valence electrons. The molecule has 2 aromatic heterocycles. The molecular formula is C17H16BrN5O. The van der Waals surface area contributed by atoms with E-state index in [0.29, 0.717) is 17.9 Å². The summed E-state index contributed by atoms with van der Waals surface area (Å²) in [6.45, 7) is 4.18. The standard InChI is InChI=1S/C17H16BrN5O/c1-11-9-14(6-7-15(11)18)23-12(2)16(21-22-23)17(24)20-10-13-5-3-4-8-19-13/h3-9H,10H2,1-2H3,(H,20,24). The second-order valence-electron chi connectivity index (χ2n) is 5.37. The zero-order valence-corrected chi connectivity index (χ0v) is 14.9. The van der Waals surface area contributed by atoms with E-state index in [4.69, 9.17) is 0 Å². The molecule has 0 saturated heterocycles. The minimum atomic E-state index is -0.266. The lowest BCUT2D eigenvalue weighted by Gasteiger charge is -2.06. The molecule has 0 fully saturated rings. The highest BCUT2D eigenvalue weighted by Crippen LogP contribution is 2.20. The van der Waals surface area contributed by atoms with Gasteiger partial charge in [-0.25, -0.2) is 4.68 Å². The quantitative estimate of drug-likeness (QED) is 0.748. The molecule has 6 nitrogen and oxygen atoms in total. The number of benzene rings is 1. The Bertz CT molecular complexity index is 876. The van der Waals surface area contributed by atoms with Crippen LogP contribution in [0.3, 0.4) is 0 Å². The van der Waals surface area contributed by atoms with E-state index in [9.17, 15) is 4.79 Å². The van der Waals surface area contributed by atoms with Crippen LogP contribution in [-0.4, -0.2) is 25.9 Å². The van der Waals surface area contributed by atoms with Crippen molar-refractivity contribution >= 4 is 21.8 Å². The molecule has 0 atom stereocenters. The van der Waals surface area contributed by atoms with Crippen molar-refractivity contribution in [1.29, 1.82) is 0 Å². The number of aryl methyl sites for hydroxylation is 1. The van der Waals surface area contributed by atoms with E-state index in [0.717, 1.165) is 21.4 Å². The van der Waals surface area contributed by atoms with Crippen molar-refractivity contribution in [2.45, 2.75) is 20.4 Å². The molecule has 7 heteroatoms. The molecule has 0 spiro atoms. The summed E-state index contributed by atoms with van der Waals surface area (Å²) in [6.07, 6.45) is 1.69. The van der Waals surface area contributed by atoms with Crippen LogP contribution in [0, 0.1) is 13.8 Å². The van der Waals surface area contributed by atoms with Gasteiger partial charge in [-0.05, 0) is 49.7 Å². The van der Waals surface area contributed by atoms with Gasteiger partial charge < -0.3 is 5.32 Å². The normalized spacial score (nSPS) is 10.6. The van der Waals surface area contributed by atoms with Crippen molar-refractivity contribution in [3.8, 4) is 5.69 Å². The highest BCUT2D eigenvalue weighted by Gasteiger charge is 2.17. The summed E-state index contributed by atoms with van der Waals surface area (Å²) in [4.78, 5) is 16.5. The SMILES string of the molecule is Cc1cc(-n2nnc(C(=O)NCc3ccccn3)c2C)ccc1Br. The van der Waals surface area contributed by atoms with Gasteiger partial charge in [0.15, 0.2) is 5.69 Å². The predicted octanol–water partition coefficient (Wildman–Crippen LogP) is 2.97. The summed E-state index contributed by atoms with van der Waals surface area (Å²) in [5.74, 6) is -0.266. The number of nitrogens with zero attached hydrogens (tertiary/aromatic N) is 4. The molecule has 0 radical (unpaired) electrons. The van der Waals surface area contributed by atoms with Gasteiger partial charge in [-0.1, -0.05) is 27.2 Å². The molecule has 1 N–H and O–H groups in total. The predicted molar refractivity (Wildman–Crippen MR) is 93.9 cm³/mol. The number of nitrogens with one attached hydrogen (secondary N) is 1. The fourth-order valence-electron chi connectivity index (χ4n) is 2.30. The van der Waals surface area contributed by atoms with E-state index in [1.54, 1.807) is 10.9 Å². The van der Waals surface area contributed by atoms with Gasteiger partial charge in [0.2, 0.25) is 0 Å². The van der Waals surface area contributed by atoms with Crippen LogP contribution in [0.25, 0.3) is 5.69 Å². The molecule has 0 aliphatic heterocycles. The van der Waals surface area contributed by atoms with Gasteiger partial charge in [-0.2, -0.15) is 0 Å². The van der Waals surface area contributed by atoms with Crippen molar-refractivity contribution in [3.05, 3.63) is 69.7 Å². The first-order valence-electron chi connectivity index (χ1n) is 7.43. The molecular weight excluding hydrogens is 370 g/mol. The second-order valence-corrected chi connectivity index (χ2v) is 6.23. The van der Waals surface area contributed by atoms with E-state index < -0.39 is 0 Å². The number of aromatic nitrogens is 4. The lowest BCUT2D eigenvalue weighted by Crippen LogP contribution is -2.24. The van der Waals surface area contributed by atoms with E-state index in [2.05, 4.69) is 36.5 Å². The highest BCUT2D eigenvalue weighted by molar-refractivity contribution is 9.10. The number of hydrogen-bond donors (Lipinski definition) is 1. The van der Waals surface area contributed by atoms with Crippen molar-refractivity contribution in [2.75, 3.05) is 0 Å². The third-order valence-electron chi connectivity index (χ3n) is 3.65. The van der Waals surface area contributed by atoms with Crippen molar-refractivity contribution in [2.24, 2.45) is 0 Å².